The molecule has 1 aliphatic rings. The summed E-state index contributed by atoms with van der Waals surface area (Å²) in [5.41, 5.74) is 2.97. The number of benzene rings is 1. The number of nitrogens with zero attached hydrogens (tertiary/aromatic N) is 5. The lowest BCUT2D eigenvalue weighted by molar-refractivity contribution is 0.0555. The van der Waals surface area contributed by atoms with E-state index >= 15 is 0 Å². The first-order valence-electron chi connectivity index (χ1n) is 9.80. The van der Waals surface area contributed by atoms with Crippen molar-refractivity contribution in [3.05, 3.63) is 51.3 Å². The van der Waals surface area contributed by atoms with Gasteiger partial charge in [-0.05, 0) is 27.7 Å². The lowest BCUT2D eigenvalue weighted by atomic mass is 10.1. The molecule has 152 valence electrons. The van der Waals surface area contributed by atoms with E-state index in [1.165, 1.54) is 16.9 Å². The predicted octanol–water partition coefficient (Wildman–Crippen LogP) is 3.64. The number of carbonyl (C=O) groups excluding carboxylic acids is 1. The molecule has 1 amide bonds. The molecule has 0 bridgehead atoms. The van der Waals surface area contributed by atoms with Crippen molar-refractivity contribution in [2.75, 3.05) is 26.2 Å². The molecular formula is C21H25N5O2S. The fraction of sp³-hybridized carbons (Fsp3) is 0.429. The zero-order valence-electron chi connectivity index (χ0n) is 17.2. The Balaban J connectivity index is 1.39. The van der Waals surface area contributed by atoms with Gasteiger partial charge in [-0.2, -0.15) is 4.98 Å². The lowest BCUT2D eigenvalue weighted by Crippen LogP contribution is -2.49. The minimum Gasteiger partial charge on any atom is -0.337 e. The second-order valence-corrected chi connectivity index (χ2v) is 8.68. The molecule has 7 nitrogen and oxygen atoms in total. The monoisotopic (exact) mass is 411 g/mol. The Bertz CT molecular complexity index is 1000. The number of rotatable bonds is 4. The minimum absolute atomic E-state index is 0.00587. The number of carbonyl (C=O) groups is 1. The molecule has 1 aromatic carbocycles. The van der Waals surface area contributed by atoms with Gasteiger partial charge in [-0.1, -0.05) is 35.0 Å². The fourth-order valence-corrected chi connectivity index (χ4v) is 4.45. The minimum atomic E-state index is 0.00587. The van der Waals surface area contributed by atoms with E-state index in [0.717, 1.165) is 34.2 Å². The van der Waals surface area contributed by atoms with Crippen molar-refractivity contribution in [2.24, 2.45) is 0 Å². The summed E-state index contributed by atoms with van der Waals surface area (Å²) >= 11 is 1.47. The Morgan fingerprint density at radius 1 is 1.07 bits per heavy atom. The van der Waals surface area contributed by atoms with Crippen LogP contribution in [0.4, 0.5) is 0 Å². The second-order valence-electron chi connectivity index (χ2n) is 7.47. The van der Waals surface area contributed by atoms with Gasteiger partial charge in [-0.15, -0.1) is 11.3 Å². The number of hydrogen-bond acceptors (Lipinski definition) is 7. The highest BCUT2D eigenvalue weighted by molar-refractivity contribution is 7.13. The highest BCUT2D eigenvalue weighted by Gasteiger charge is 2.29. The van der Waals surface area contributed by atoms with Gasteiger partial charge in [0, 0.05) is 31.7 Å². The summed E-state index contributed by atoms with van der Waals surface area (Å²) in [5.74, 6) is 1.30. The van der Waals surface area contributed by atoms with Gasteiger partial charge < -0.3 is 9.42 Å². The number of thiazole rings is 1. The SMILES string of the molecule is Cc1ccc(-c2noc(C(C)N3CCN(C(=O)c4sc(C)nc4C)CC3)n2)cc1. The quantitative estimate of drug-likeness (QED) is 0.652. The van der Waals surface area contributed by atoms with Crippen LogP contribution in [-0.2, 0) is 0 Å². The van der Waals surface area contributed by atoms with Crippen LogP contribution in [0.15, 0.2) is 28.8 Å². The predicted molar refractivity (Wildman–Crippen MR) is 112 cm³/mol. The maximum atomic E-state index is 12.8. The zero-order chi connectivity index (χ0) is 20.5. The summed E-state index contributed by atoms with van der Waals surface area (Å²) in [6, 6.07) is 8.09. The van der Waals surface area contributed by atoms with Crippen LogP contribution in [0.1, 0.15) is 44.8 Å². The molecule has 1 saturated heterocycles. The molecule has 0 aliphatic carbocycles. The standard InChI is InChI=1S/C21H25N5O2S/c1-13-5-7-17(8-6-13)19-23-20(28-24-19)15(3)25-9-11-26(12-10-25)21(27)18-14(2)22-16(4)29-18/h5-8,15H,9-12H2,1-4H3. The first-order chi connectivity index (χ1) is 13.9. The lowest BCUT2D eigenvalue weighted by Gasteiger charge is -2.36. The summed E-state index contributed by atoms with van der Waals surface area (Å²) in [6.07, 6.45) is 0. The van der Waals surface area contributed by atoms with E-state index in [1.807, 2.05) is 43.0 Å². The van der Waals surface area contributed by atoms with Gasteiger partial charge in [0.25, 0.3) is 5.91 Å². The van der Waals surface area contributed by atoms with E-state index in [4.69, 9.17) is 4.52 Å². The molecule has 0 spiro atoms. The molecule has 0 saturated carbocycles. The molecule has 1 aliphatic heterocycles. The van der Waals surface area contributed by atoms with Crippen LogP contribution in [0.5, 0.6) is 0 Å². The van der Waals surface area contributed by atoms with E-state index in [-0.39, 0.29) is 11.9 Å². The molecule has 8 heteroatoms. The van der Waals surface area contributed by atoms with E-state index in [2.05, 4.69) is 33.9 Å². The largest absolute Gasteiger partial charge is 0.337 e. The first-order valence-corrected chi connectivity index (χ1v) is 10.6. The maximum Gasteiger partial charge on any atom is 0.265 e. The van der Waals surface area contributed by atoms with Crippen LogP contribution in [0.2, 0.25) is 0 Å². The van der Waals surface area contributed by atoms with Crippen molar-refractivity contribution >= 4 is 17.2 Å². The zero-order valence-corrected chi connectivity index (χ0v) is 18.0. The number of aryl methyl sites for hydroxylation is 3. The Morgan fingerprint density at radius 2 is 1.76 bits per heavy atom. The van der Waals surface area contributed by atoms with Crippen LogP contribution in [0, 0.1) is 20.8 Å². The summed E-state index contributed by atoms with van der Waals surface area (Å²) < 4.78 is 5.54. The van der Waals surface area contributed by atoms with Crippen LogP contribution >= 0.6 is 11.3 Å². The Morgan fingerprint density at radius 3 is 2.38 bits per heavy atom. The van der Waals surface area contributed by atoms with Crippen molar-refractivity contribution < 1.29 is 9.32 Å². The van der Waals surface area contributed by atoms with E-state index in [1.54, 1.807) is 0 Å². The van der Waals surface area contributed by atoms with Crippen molar-refractivity contribution in [1.82, 2.24) is 24.9 Å². The normalized spacial score (nSPS) is 16.2. The van der Waals surface area contributed by atoms with Gasteiger partial charge in [0.15, 0.2) is 0 Å². The number of hydrogen-bond donors (Lipinski definition) is 0. The number of amides is 1. The molecule has 29 heavy (non-hydrogen) atoms. The molecule has 1 atom stereocenters. The van der Waals surface area contributed by atoms with Gasteiger partial charge in [-0.25, -0.2) is 4.98 Å². The second kappa shape index (κ2) is 8.04. The third-order valence-corrected chi connectivity index (χ3v) is 6.42. The molecule has 4 rings (SSSR count). The average molecular weight is 412 g/mol. The molecule has 1 fully saturated rings. The Labute approximate surface area is 174 Å². The van der Waals surface area contributed by atoms with E-state index < -0.39 is 0 Å². The van der Waals surface area contributed by atoms with Gasteiger partial charge >= 0.3 is 0 Å². The average Bonchev–Trinajstić information content (AvgIpc) is 3.34. The smallest absolute Gasteiger partial charge is 0.265 e. The highest BCUT2D eigenvalue weighted by Crippen LogP contribution is 2.25. The summed E-state index contributed by atoms with van der Waals surface area (Å²) in [6.45, 7) is 10.9. The van der Waals surface area contributed by atoms with Crippen molar-refractivity contribution in [1.29, 1.82) is 0 Å². The Hall–Kier alpha value is -2.58. The van der Waals surface area contributed by atoms with E-state index in [9.17, 15) is 4.79 Å². The van der Waals surface area contributed by atoms with Gasteiger partial charge in [0.05, 0.1) is 16.7 Å². The molecule has 2 aromatic heterocycles. The summed E-state index contributed by atoms with van der Waals surface area (Å²) in [4.78, 5) is 26.7. The van der Waals surface area contributed by atoms with Crippen LogP contribution in [0.3, 0.4) is 0 Å². The molecule has 3 heterocycles. The van der Waals surface area contributed by atoms with Crippen LogP contribution < -0.4 is 0 Å². The number of aromatic nitrogens is 3. The first kappa shape index (κ1) is 19.7. The molecule has 3 aromatic rings. The molecular weight excluding hydrogens is 386 g/mol. The van der Waals surface area contributed by atoms with Gasteiger partial charge in [0.2, 0.25) is 11.7 Å². The summed E-state index contributed by atoms with van der Waals surface area (Å²) in [5, 5.41) is 5.07. The fourth-order valence-electron chi connectivity index (χ4n) is 3.57. The Kier molecular flexibility index (Phi) is 5.47. The third-order valence-electron chi connectivity index (χ3n) is 5.36. The van der Waals surface area contributed by atoms with Crippen LogP contribution in [0.25, 0.3) is 11.4 Å². The van der Waals surface area contributed by atoms with Crippen molar-refractivity contribution in [3.63, 3.8) is 0 Å². The van der Waals surface area contributed by atoms with Crippen LogP contribution in [-0.4, -0.2) is 57.0 Å². The maximum absolute atomic E-state index is 12.8. The van der Waals surface area contributed by atoms with Gasteiger partial charge in [0.1, 0.15) is 4.88 Å². The van der Waals surface area contributed by atoms with Crippen molar-refractivity contribution in [2.45, 2.75) is 33.7 Å². The number of piperazine rings is 1. The molecule has 1 unspecified atom stereocenters. The van der Waals surface area contributed by atoms with Crippen molar-refractivity contribution in [3.8, 4) is 11.4 Å². The molecule has 0 N–H and O–H groups in total. The van der Waals surface area contributed by atoms with E-state index in [0.29, 0.717) is 24.8 Å². The third kappa shape index (κ3) is 4.09. The summed E-state index contributed by atoms with van der Waals surface area (Å²) in [7, 11) is 0. The topological polar surface area (TPSA) is 75.4 Å². The molecule has 0 radical (unpaired) electrons. The highest BCUT2D eigenvalue weighted by atomic mass is 32.1. The van der Waals surface area contributed by atoms with Gasteiger partial charge in [-0.3, -0.25) is 9.69 Å².